The van der Waals surface area contributed by atoms with Crippen LogP contribution in [0.2, 0.25) is 0 Å². The zero-order chi connectivity index (χ0) is 23.8. The second-order valence-corrected chi connectivity index (χ2v) is 10.2. The van der Waals surface area contributed by atoms with Crippen LogP contribution in [-0.4, -0.2) is 90.4 Å². The molecular weight excluding hydrogens is 504 g/mol. The fourth-order valence-electron chi connectivity index (χ4n) is 5.17. The van der Waals surface area contributed by atoms with Crippen molar-refractivity contribution in [2.75, 3.05) is 71.0 Å². The third-order valence-corrected chi connectivity index (χ3v) is 7.89. The first-order chi connectivity index (χ1) is 17.2. The topological polar surface area (TPSA) is 49.7 Å². The molecular formula is C27H31BrN6O. The number of halogens is 1. The van der Waals surface area contributed by atoms with Gasteiger partial charge >= 0.3 is 0 Å². The van der Waals surface area contributed by atoms with Crippen LogP contribution < -0.4 is 4.90 Å². The monoisotopic (exact) mass is 534 g/mol. The summed E-state index contributed by atoms with van der Waals surface area (Å²) >= 11 is 3.77. The molecule has 0 amide bonds. The van der Waals surface area contributed by atoms with E-state index in [1.807, 2.05) is 0 Å². The summed E-state index contributed by atoms with van der Waals surface area (Å²) in [5, 5.41) is 1.14. The predicted octanol–water partition coefficient (Wildman–Crippen LogP) is 4.10. The summed E-state index contributed by atoms with van der Waals surface area (Å²) in [6.45, 7) is 9.76. The van der Waals surface area contributed by atoms with Gasteiger partial charge in [0.25, 0.3) is 0 Å². The molecule has 2 fully saturated rings. The largest absolute Gasteiger partial charge is 0.379 e. The molecule has 2 aliphatic rings. The molecule has 0 bridgehead atoms. The van der Waals surface area contributed by atoms with Crippen molar-refractivity contribution >= 4 is 43.6 Å². The Bertz CT molecular complexity index is 1320. The first kappa shape index (κ1) is 22.9. The normalized spacial score (nSPS) is 18.1. The van der Waals surface area contributed by atoms with Crippen molar-refractivity contribution in [2.45, 2.75) is 6.54 Å². The van der Waals surface area contributed by atoms with E-state index in [1.165, 1.54) is 5.69 Å². The van der Waals surface area contributed by atoms with Crippen molar-refractivity contribution in [3.8, 4) is 11.3 Å². The van der Waals surface area contributed by atoms with E-state index in [9.17, 15) is 0 Å². The van der Waals surface area contributed by atoms with Gasteiger partial charge in [-0.25, -0.2) is 9.97 Å². The molecule has 0 saturated carbocycles. The van der Waals surface area contributed by atoms with Crippen LogP contribution in [0, 0.1) is 0 Å². The summed E-state index contributed by atoms with van der Waals surface area (Å²) in [4.78, 5) is 17.4. The molecule has 2 saturated heterocycles. The fourth-order valence-corrected chi connectivity index (χ4v) is 5.71. The molecule has 2 aromatic carbocycles. The number of anilines is 1. The third kappa shape index (κ3) is 4.56. The molecule has 2 aliphatic heterocycles. The van der Waals surface area contributed by atoms with Gasteiger partial charge in [0.15, 0.2) is 4.73 Å². The maximum Gasteiger partial charge on any atom is 0.178 e. The summed E-state index contributed by atoms with van der Waals surface area (Å²) in [5.41, 5.74) is 6.41. The number of fused-ring (bicyclic) bond motifs is 3. The molecule has 0 atom stereocenters. The van der Waals surface area contributed by atoms with Crippen molar-refractivity contribution in [3.63, 3.8) is 0 Å². The highest BCUT2D eigenvalue weighted by Crippen LogP contribution is 2.35. The van der Waals surface area contributed by atoms with E-state index in [0.717, 1.165) is 103 Å². The van der Waals surface area contributed by atoms with E-state index in [1.54, 1.807) is 0 Å². The van der Waals surface area contributed by atoms with Gasteiger partial charge in [0.1, 0.15) is 5.52 Å². The summed E-state index contributed by atoms with van der Waals surface area (Å²) in [6.07, 6.45) is 0. The Hall–Kier alpha value is -2.52. The molecule has 6 rings (SSSR count). The van der Waals surface area contributed by atoms with Crippen LogP contribution >= 0.6 is 15.9 Å². The average Bonchev–Trinajstić information content (AvgIpc) is 3.24. The van der Waals surface area contributed by atoms with Gasteiger partial charge in [-0.3, -0.25) is 4.90 Å². The van der Waals surface area contributed by atoms with E-state index in [0.29, 0.717) is 0 Å². The highest BCUT2D eigenvalue weighted by molar-refractivity contribution is 9.10. The smallest absolute Gasteiger partial charge is 0.178 e. The number of imidazole rings is 1. The zero-order valence-corrected chi connectivity index (χ0v) is 21.7. The van der Waals surface area contributed by atoms with Gasteiger partial charge in [0.2, 0.25) is 0 Å². The van der Waals surface area contributed by atoms with Gasteiger partial charge in [-0.1, -0.05) is 30.3 Å². The van der Waals surface area contributed by atoms with E-state index in [2.05, 4.69) is 90.8 Å². The Morgan fingerprint density at radius 1 is 0.857 bits per heavy atom. The number of ether oxygens (including phenoxy) is 1. The maximum absolute atomic E-state index is 5.52. The van der Waals surface area contributed by atoms with Crippen LogP contribution in [0.4, 0.5) is 5.69 Å². The number of benzene rings is 2. The van der Waals surface area contributed by atoms with Crippen molar-refractivity contribution in [3.05, 3.63) is 53.3 Å². The Kier molecular flexibility index (Phi) is 6.45. The Balaban J connectivity index is 1.38. The summed E-state index contributed by atoms with van der Waals surface area (Å²) in [6, 6.07) is 17.3. The number of para-hydroxylation sites is 1. The lowest BCUT2D eigenvalue weighted by molar-refractivity contribution is 0.0364. The van der Waals surface area contributed by atoms with Gasteiger partial charge in [-0.2, -0.15) is 0 Å². The first-order valence-corrected chi connectivity index (χ1v) is 13.3. The predicted molar refractivity (Wildman–Crippen MR) is 145 cm³/mol. The quantitative estimate of drug-likeness (QED) is 0.384. The number of nitrogens with zero attached hydrogens (tertiary/aromatic N) is 6. The van der Waals surface area contributed by atoms with E-state index in [-0.39, 0.29) is 0 Å². The first-order valence-electron chi connectivity index (χ1n) is 12.5. The van der Waals surface area contributed by atoms with Crippen molar-refractivity contribution in [2.24, 2.45) is 0 Å². The van der Waals surface area contributed by atoms with Crippen molar-refractivity contribution in [1.29, 1.82) is 0 Å². The van der Waals surface area contributed by atoms with E-state index in [4.69, 9.17) is 14.7 Å². The number of rotatable bonds is 5. The molecule has 0 aliphatic carbocycles. The lowest BCUT2D eigenvalue weighted by Crippen LogP contribution is -2.44. The van der Waals surface area contributed by atoms with Crippen LogP contribution in [0.5, 0.6) is 0 Å². The average molecular weight is 535 g/mol. The lowest BCUT2D eigenvalue weighted by atomic mass is 10.1. The number of morpholine rings is 1. The minimum absolute atomic E-state index is 0.812. The van der Waals surface area contributed by atoms with Gasteiger partial charge in [-0.05, 0) is 41.2 Å². The Labute approximate surface area is 214 Å². The molecule has 182 valence electrons. The fraction of sp³-hybridized carbons (Fsp3) is 0.407. The number of hydrogen-bond donors (Lipinski definition) is 0. The Morgan fingerprint density at radius 2 is 1.60 bits per heavy atom. The second-order valence-electron chi connectivity index (χ2n) is 9.50. The van der Waals surface area contributed by atoms with Crippen LogP contribution in [0.25, 0.3) is 33.2 Å². The Morgan fingerprint density at radius 3 is 2.37 bits per heavy atom. The SMILES string of the molecule is CN1CCN(c2ccc(-c3nc4ccccc4c4c3nc(Br)n4CCN3CCOCC3)cc2)CC1. The van der Waals surface area contributed by atoms with E-state index < -0.39 is 0 Å². The van der Waals surface area contributed by atoms with E-state index >= 15 is 0 Å². The summed E-state index contributed by atoms with van der Waals surface area (Å²) < 4.78 is 8.68. The van der Waals surface area contributed by atoms with Crippen molar-refractivity contribution in [1.82, 2.24) is 24.3 Å². The number of hydrogen-bond acceptors (Lipinski definition) is 6. The molecule has 7 nitrogen and oxygen atoms in total. The van der Waals surface area contributed by atoms with Crippen LogP contribution in [0.1, 0.15) is 0 Å². The highest BCUT2D eigenvalue weighted by Gasteiger charge is 2.20. The summed E-state index contributed by atoms with van der Waals surface area (Å²) in [5.74, 6) is 0. The minimum atomic E-state index is 0.812. The van der Waals surface area contributed by atoms with Crippen LogP contribution in [0.15, 0.2) is 53.3 Å². The minimum Gasteiger partial charge on any atom is -0.379 e. The molecule has 0 unspecified atom stereocenters. The molecule has 0 N–H and O–H groups in total. The number of piperazine rings is 1. The second kappa shape index (κ2) is 9.85. The molecule has 4 aromatic rings. The molecule has 2 aromatic heterocycles. The van der Waals surface area contributed by atoms with Crippen molar-refractivity contribution < 1.29 is 4.74 Å². The van der Waals surface area contributed by atoms with Gasteiger partial charge < -0.3 is 19.1 Å². The standard InChI is InChI=1S/C27H31BrN6O/c1-31-10-13-33(14-11-31)21-8-6-20(7-9-21)24-25-26(22-4-2-3-5-23(22)29-24)34(27(28)30-25)15-12-32-16-18-35-19-17-32/h2-9H,10-19H2,1H3. The maximum atomic E-state index is 5.52. The molecule has 0 spiro atoms. The number of pyridine rings is 1. The zero-order valence-electron chi connectivity index (χ0n) is 20.2. The van der Waals surface area contributed by atoms with Crippen LogP contribution in [0.3, 0.4) is 0 Å². The highest BCUT2D eigenvalue weighted by atomic mass is 79.9. The molecule has 4 heterocycles. The molecule has 8 heteroatoms. The van der Waals surface area contributed by atoms with Gasteiger partial charge in [0.05, 0.1) is 29.9 Å². The third-order valence-electron chi connectivity index (χ3n) is 7.29. The molecule has 35 heavy (non-hydrogen) atoms. The number of likely N-dealkylation sites (N-methyl/N-ethyl adjacent to an activating group) is 1. The summed E-state index contributed by atoms with van der Waals surface area (Å²) in [7, 11) is 2.19. The van der Waals surface area contributed by atoms with Gasteiger partial charge in [0, 0.05) is 69.0 Å². The lowest BCUT2D eigenvalue weighted by Gasteiger charge is -2.34. The van der Waals surface area contributed by atoms with Gasteiger partial charge in [-0.15, -0.1) is 0 Å². The number of aromatic nitrogens is 3. The van der Waals surface area contributed by atoms with Crippen LogP contribution in [-0.2, 0) is 11.3 Å². The molecule has 0 radical (unpaired) electrons.